The zero-order chi connectivity index (χ0) is 18.8. The second-order valence-corrected chi connectivity index (χ2v) is 6.43. The van der Waals surface area contributed by atoms with Gasteiger partial charge in [-0.05, 0) is 43.5 Å². The lowest BCUT2D eigenvalue weighted by Gasteiger charge is -2.18. The molecule has 2 unspecified atom stereocenters. The van der Waals surface area contributed by atoms with Crippen LogP contribution in [-0.2, 0) is 6.42 Å². The number of benzene rings is 2. The smallest absolute Gasteiger partial charge is 0.128 e. The summed E-state index contributed by atoms with van der Waals surface area (Å²) < 4.78 is 5.67. The van der Waals surface area contributed by atoms with Gasteiger partial charge in [-0.1, -0.05) is 37.3 Å². The van der Waals surface area contributed by atoms with Crippen LogP contribution < -0.4 is 10.1 Å². The number of phenolic OH excluding ortho intramolecular Hbond substituents is 1. The van der Waals surface area contributed by atoms with Crippen LogP contribution in [0.25, 0.3) is 0 Å². The molecule has 4 N–H and O–H groups in total. The number of hydrogen-bond donors (Lipinski definition) is 4. The lowest BCUT2D eigenvalue weighted by atomic mass is 10.0. The Morgan fingerprint density at radius 1 is 1.08 bits per heavy atom. The quantitative estimate of drug-likeness (QED) is 0.464. The van der Waals surface area contributed by atoms with E-state index >= 15 is 0 Å². The molecule has 0 heterocycles. The van der Waals surface area contributed by atoms with Gasteiger partial charge in [0.1, 0.15) is 24.2 Å². The number of nitrogens with one attached hydrogen (secondary N) is 1. The molecule has 142 valence electrons. The predicted molar refractivity (Wildman–Crippen MR) is 102 cm³/mol. The molecular weight excluding hydrogens is 330 g/mol. The monoisotopic (exact) mass is 359 g/mol. The fraction of sp³-hybridized carbons (Fsp3) is 0.429. The van der Waals surface area contributed by atoms with E-state index in [9.17, 15) is 15.3 Å². The Morgan fingerprint density at radius 2 is 1.85 bits per heavy atom. The minimum Gasteiger partial charge on any atom is -0.508 e. The van der Waals surface area contributed by atoms with Crippen molar-refractivity contribution in [2.24, 2.45) is 0 Å². The summed E-state index contributed by atoms with van der Waals surface area (Å²) in [6, 6.07) is 14.7. The van der Waals surface area contributed by atoms with Crippen LogP contribution in [0.3, 0.4) is 0 Å². The van der Waals surface area contributed by atoms with Crippen molar-refractivity contribution in [3.05, 3.63) is 59.7 Å². The SMILES string of the molecule is CCCNCC(O)COc1cc(O)ccc1C(O)CCc1ccccc1. The second kappa shape index (κ2) is 10.8. The molecule has 0 aliphatic heterocycles. The fourth-order valence-electron chi connectivity index (χ4n) is 2.72. The van der Waals surface area contributed by atoms with E-state index in [1.165, 1.54) is 12.1 Å². The van der Waals surface area contributed by atoms with Gasteiger partial charge >= 0.3 is 0 Å². The van der Waals surface area contributed by atoms with E-state index < -0.39 is 12.2 Å². The molecule has 5 nitrogen and oxygen atoms in total. The van der Waals surface area contributed by atoms with Crippen molar-refractivity contribution in [3.8, 4) is 11.5 Å². The first kappa shape index (κ1) is 20.2. The van der Waals surface area contributed by atoms with E-state index in [1.807, 2.05) is 30.3 Å². The summed E-state index contributed by atoms with van der Waals surface area (Å²) in [6.45, 7) is 3.44. The first-order chi connectivity index (χ1) is 12.6. The summed E-state index contributed by atoms with van der Waals surface area (Å²) in [5.41, 5.74) is 1.78. The maximum absolute atomic E-state index is 10.6. The Hall–Kier alpha value is -2.08. The normalized spacial score (nSPS) is 13.3. The largest absolute Gasteiger partial charge is 0.508 e. The Labute approximate surface area is 155 Å². The molecule has 2 rings (SSSR count). The van der Waals surface area contributed by atoms with E-state index in [4.69, 9.17) is 4.74 Å². The van der Waals surface area contributed by atoms with Crippen molar-refractivity contribution >= 4 is 0 Å². The molecule has 0 aliphatic rings. The van der Waals surface area contributed by atoms with E-state index in [1.54, 1.807) is 6.07 Å². The highest BCUT2D eigenvalue weighted by molar-refractivity contribution is 5.41. The van der Waals surface area contributed by atoms with Gasteiger partial charge in [0.2, 0.25) is 0 Å². The molecule has 5 heteroatoms. The number of aryl methyl sites for hydroxylation is 1. The van der Waals surface area contributed by atoms with Crippen molar-refractivity contribution < 1.29 is 20.1 Å². The van der Waals surface area contributed by atoms with E-state index in [-0.39, 0.29) is 12.4 Å². The number of aliphatic hydroxyl groups excluding tert-OH is 2. The Balaban J connectivity index is 1.95. The Morgan fingerprint density at radius 3 is 2.58 bits per heavy atom. The van der Waals surface area contributed by atoms with Crippen molar-refractivity contribution in [3.63, 3.8) is 0 Å². The highest BCUT2D eigenvalue weighted by Crippen LogP contribution is 2.31. The van der Waals surface area contributed by atoms with Crippen LogP contribution in [0.5, 0.6) is 11.5 Å². The van der Waals surface area contributed by atoms with Crippen LogP contribution in [0.2, 0.25) is 0 Å². The maximum Gasteiger partial charge on any atom is 0.128 e. The third-order valence-corrected chi connectivity index (χ3v) is 4.14. The number of hydrogen-bond acceptors (Lipinski definition) is 5. The summed E-state index contributed by atoms with van der Waals surface area (Å²) in [7, 11) is 0. The van der Waals surface area contributed by atoms with Crippen molar-refractivity contribution in [1.29, 1.82) is 0 Å². The molecule has 0 aliphatic carbocycles. The molecule has 0 saturated heterocycles. The minimum absolute atomic E-state index is 0.0672. The molecule has 0 bridgehead atoms. The van der Waals surface area contributed by atoms with Crippen LogP contribution in [0.15, 0.2) is 48.5 Å². The Bertz CT molecular complexity index is 648. The number of rotatable bonds is 11. The topological polar surface area (TPSA) is 82.0 Å². The van der Waals surface area contributed by atoms with Crippen molar-refractivity contribution in [2.45, 2.75) is 38.4 Å². The number of aliphatic hydroxyl groups is 2. The van der Waals surface area contributed by atoms with Crippen molar-refractivity contribution in [1.82, 2.24) is 5.32 Å². The van der Waals surface area contributed by atoms with Crippen LogP contribution in [0, 0.1) is 0 Å². The summed E-state index contributed by atoms with van der Waals surface area (Å²) in [5, 5.41) is 33.4. The zero-order valence-corrected chi connectivity index (χ0v) is 15.3. The van der Waals surface area contributed by atoms with Gasteiger partial charge in [-0.25, -0.2) is 0 Å². The predicted octanol–water partition coefficient (Wildman–Crippen LogP) is 2.80. The molecule has 2 aromatic rings. The highest BCUT2D eigenvalue weighted by Gasteiger charge is 2.16. The van der Waals surface area contributed by atoms with E-state index in [2.05, 4.69) is 12.2 Å². The van der Waals surface area contributed by atoms with Gasteiger partial charge in [0.25, 0.3) is 0 Å². The van der Waals surface area contributed by atoms with Gasteiger partial charge in [-0.3, -0.25) is 0 Å². The number of aromatic hydroxyl groups is 1. The van der Waals surface area contributed by atoms with Gasteiger partial charge in [0.05, 0.1) is 6.10 Å². The summed E-state index contributed by atoms with van der Waals surface area (Å²) >= 11 is 0. The summed E-state index contributed by atoms with van der Waals surface area (Å²) in [6.07, 6.45) is 0.926. The molecule has 2 aromatic carbocycles. The summed E-state index contributed by atoms with van der Waals surface area (Å²) in [5.74, 6) is 0.470. The lowest BCUT2D eigenvalue weighted by molar-refractivity contribution is 0.102. The third kappa shape index (κ3) is 6.67. The maximum atomic E-state index is 10.6. The average Bonchev–Trinajstić information content (AvgIpc) is 2.65. The van der Waals surface area contributed by atoms with Gasteiger partial charge in [-0.2, -0.15) is 0 Å². The lowest BCUT2D eigenvalue weighted by Crippen LogP contribution is -2.32. The molecule has 26 heavy (non-hydrogen) atoms. The number of ether oxygens (including phenoxy) is 1. The van der Waals surface area contributed by atoms with Crippen LogP contribution in [0.4, 0.5) is 0 Å². The molecule has 0 aromatic heterocycles. The third-order valence-electron chi connectivity index (χ3n) is 4.14. The molecule has 0 spiro atoms. The summed E-state index contributed by atoms with van der Waals surface area (Å²) in [4.78, 5) is 0. The minimum atomic E-state index is -0.707. The fourth-order valence-corrected chi connectivity index (χ4v) is 2.72. The molecule has 0 radical (unpaired) electrons. The second-order valence-electron chi connectivity index (χ2n) is 6.43. The zero-order valence-electron chi connectivity index (χ0n) is 15.3. The Kier molecular flexibility index (Phi) is 8.41. The van der Waals surface area contributed by atoms with E-state index in [0.717, 1.165) is 24.9 Å². The molecule has 2 atom stereocenters. The number of phenols is 1. The molecule has 0 amide bonds. The highest BCUT2D eigenvalue weighted by atomic mass is 16.5. The van der Waals surface area contributed by atoms with Gasteiger partial charge in [-0.15, -0.1) is 0 Å². The first-order valence-corrected chi connectivity index (χ1v) is 9.16. The van der Waals surface area contributed by atoms with E-state index in [0.29, 0.717) is 24.3 Å². The van der Waals surface area contributed by atoms with Gasteiger partial charge in [0.15, 0.2) is 0 Å². The van der Waals surface area contributed by atoms with Crippen LogP contribution >= 0.6 is 0 Å². The standard InChI is InChI=1S/C21H29NO4/c1-2-12-22-14-18(24)15-26-21-13-17(23)9-10-19(21)20(25)11-8-16-6-4-3-5-7-16/h3-7,9-10,13,18,20,22-25H,2,8,11-12,14-15H2,1H3. The average molecular weight is 359 g/mol. The van der Waals surface area contributed by atoms with Gasteiger partial charge in [0, 0.05) is 18.2 Å². The van der Waals surface area contributed by atoms with Gasteiger partial charge < -0.3 is 25.4 Å². The first-order valence-electron chi connectivity index (χ1n) is 9.16. The molecular formula is C21H29NO4. The molecule has 0 saturated carbocycles. The van der Waals surface area contributed by atoms with Crippen LogP contribution in [-0.4, -0.2) is 41.1 Å². The van der Waals surface area contributed by atoms with Crippen molar-refractivity contribution in [2.75, 3.05) is 19.7 Å². The molecule has 0 fully saturated rings. The van der Waals surface area contributed by atoms with Crippen LogP contribution in [0.1, 0.15) is 37.0 Å².